The summed E-state index contributed by atoms with van der Waals surface area (Å²) in [6.07, 6.45) is 3.78. The van der Waals surface area contributed by atoms with E-state index in [9.17, 15) is 0 Å². The van der Waals surface area contributed by atoms with Crippen molar-refractivity contribution in [2.75, 3.05) is 24.5 Å². The summed E-state index contributed by atoms with van der Waals surface area (Å²) in [5.74, 6) is 0. The summed E-state index contributed by atoms with van der Waals surface area (Å²) in [6.45, 7) is 7.91. The first-order valence-electron chi connectivity index (χ1n) is 6.84. The van der Waals surface area contributed by atoms with E-state index in [0.717, 1.165) is 12.6 Å². The van der Waals surface area contributed by atoms with E-state index in [-0.39, 0.29) is 0 Å². The molecule has 0 bridgehead atoms. The van der Waals surface area contributed by atoms with E-state index in [4.69, 9.17) is 0 Å². The minimum Gasteiger partial charge on any atom is -0.371 e. The fourth-order valence-electron chi connectivity index (χ4n) is 2.45. The van der Waals surface area contributed by atoms with Gasteiger partial charge in [0.1, 0.15) is 0 Å². The zero-order valence-electron chi connectivity index (χ0n) is 11.1. The van der Waals surface area contributed by atoms with Crippen LogP contribution in [0.5, 0.6) is 0 Å². The molecule has 1 saturated heterocycles. The predicted octanol–water partition coefficient (Wildman–Crippen LogP) is 2.96. The van der Waals surface area contributed by atoms with Gasteiger partial charge in [-0.05, 0) is 44.9 Å². The van der Waals surface area contributed by atoms with Gasteiger partial charge in [0.05, 0.1) is 0 Å². The molecule has 1 heterocycles. The Morgan fingerprint density at radius 3 is 2.41 bits per heavy atom. The third-order valence-electron chi connectivity index (χ3n) is 3.58. The molecule has 2 heteroatoms. The largest absolute Gasteiger partial charge is 0.371 e. The number of anilines is 1. The second-order valence-electron chi connectivity index (χ2n) is 5.05. The monoisotopic (exact) mass is 232 g/mol. The molecule has 0 aromatic heterocycles. The van der Waals surface area contributed by atoms with Crippen LogP contribution in [0, 0.1) is 6.92 Å². The topological polar surface area (TPSA) is 15.3 Å². The Balaban J connectivity index is 1.84. The van der Waals surface area contributed by atoms with E-state index in [1.807, 2.05) is 0 Å². The lowest BCUT2D eigenvalue weighted by Crippen LogP contribution is -2.42. The van der Waals surface area contributed by atoms with E-state index in [0.29, 0.717) is 0 Å². The van der Waals surface area contributed by atoms with Crippen molar-refractivity contribution < 1.29 is 0 Å². The standard InChI is InChI=1S/C15H24N2/c1-3-10-16-14-8-11-17(12-9-14)15-6-4-13(2)5-7-15/h4-7,14,16H,3,8-12H2,1-2H3. The summed E-state index contributed by atoms with van der Waals surface area (Å²) >= 11 is 0. The number of nitrogens with one attached hydrogen (secondary N) is 1. The van der Waals surface area contributed by atoms with Gasteiger partial charge in [0.2, 0.25) is 0 Å². The zero-order valence-corrected chi connectivity index (χ0v) is 11.1. The molecule has 17 heavy (non-hydrogen) atoms. The maximum absolute atomic E-state index is 3.63. The van der Waals surface area contributed by atoms with Crippen molar-refractivity contribution in [2.24, 2.45) is 0 Å². The van der Waals surface area contributed by atoms with Gasteiger partial charge in [0.25, 0.3) is 0 Å². The highest BCUT2D eigenvalue weighted by molar-refractivity contribution is 5.47. The van der Waals surface area contributed by atoms with Gasteiger partial charge in [-0.25, -0.2) is 0 Å². The minimum atomic E-state index is 0.733. The second kappa shape index (κ2) is 6.06. The number of aryl methyl sites for hydroxylation is 1. The number of rotatable bonds is 4. The molecule has 1 N–H and O–H groups in total. The highest BCUT2D eigenvalue weighted by Crippen LogP contribution is 2.20. The first-order valence-corrected chi connectivity index (χ1v) is 6.84. The average Bonchev–Trinajstić information content (AvgIpc) is 2.38. The van der Waals surface area contributed by atoms with Crippen molar-refractivity contribution in [1.82, 2.24) is 5.32 Å². The summed E-state index contributed by atoms with van der Waals surface area (Å²) in [4.78, 5) is 2.50. The highest BCUT2D eigenvalue weighted by atomic mass is 15.1. The summed E-state index contributed by atoms with van der Waals surface area (Å²) < 4.78 is 0. The van der Waals surface area contributed by atoms with Crippen molar-refractivity contribution in [3.63, 3.8) is 0 Å². The maximum atomic E-state index is 3.63. The first-order chi connectivity index (χ1) is 8.29. The molecule has 1 fully saturated rings. The van der Waals surface area contributed by atoms with Crippen LogP contribution < -0.4 is 10.2 Å². The van der Waals surface area contributed by atoms with Crippen molar-refractivity contribution in [3.8, 4) is 0 Å². The van der Waals surface area contributed by atoms with Crippen LogP contribution in [-0.4, -0.2) is 25.7 Å². The molecule has 0 aliphatic carbocycles. The molecule has 0 unspecified atom stereocenters. The third kappa shape index (κ3) is 3.47. The molecule has 0 amide bonds. The fraction of sp³-hybridized carbons (Fsp3) is 0.600. The molecule has 0 atom stereocenters. The second-order valence-corrected chi connectivity index (χ2v) is 5.05. The van der Waals surface area contributed by atoms with Gasteiger partial charge >= 0.3 is 0 Å². The first kappa shape index (κ1) is 12.4. The quantitative estimate of drug-likeness (QED) is 0.858. The third-order valence-corrected chi connectivity index (χ3v) is 3.58. The van der Waals surface area contributed by atoms with Crippen molar-refractivity contribution in [1.29, 1.82) is 0 Å². The Bertz CT molecular complexity index is 323. The lowest BCUT2D eigenvalue weighted by Gasteiger charge is -2.34. The number of piperidine rings is 1. The van der Waals surface area contributed by atoms with Crippen LogP contribution in [0.25, 0.3) is 0 Å². The molecule has 1 aromatic rings. The van der Waals surface area contributed by atoms with Crippen LogP contribution in [0.3, 0.4) is 0 Å². The van der Waals surface area contributed by atoms with E-state index in [1.165, 1.54) is 43.6 Å². The van der Waals surface area contributed by atoms with Crippen LogP contribution in [0.2, 0.25) is 0 Å². The van der Waals surface area contributed by atoms with Crippen LogP contribution in [0.15, 0.2) is 24.3 Å². The molecular weight excluding hydrogens is 208 g/mol. The van der Waals surface area contributed by atoms with Crippen LogP contribution >= 0.6 is 0 Å². The Morgan fingerprint density at radius 2 is 1.82 bits per heavy atom. The lowest BCUT2D eigenvalue weighted by molar-refractivity contribution is 0.416. The van der Waals surface area contributed by atoms with Gasteiger partial charge in [-0.15, -0.1) is 0 Å². The van der Waals surface area contributed by atoms with Gasteiger partial charge in [0.15, 0.2) is 0 Å². The molecule has 94 valence electrons. The van der Waals surface area contributed by atoms with Gasteiger partial charge in [0, 0.05) is 24.8 Å². The summed E-state index contributed by atoms with van der Waals surface area (Å²) in [5.41, 5.74) is 2.72. The highest BCUT2D eigenvalue weighted by Gasteiger charge is 2.18. The van der Waals surface area contributed by atoms with E-state index in [1.54, 1.807) is 0 Å². The van der Waals surface area contributed by atoms with Crippen molar-refractivity contribution in [2.45, 2.75) is 39.2 Å². The average molecular weight is 232 g/mol. The van der Waals surface area contributed by atoms with Crippen molar-refractivity contribution >= 4 is 5.69 Å². The summed E-state index contributed by atoms with van der Waals surface area (Å²) in [7, 11) is 0. The van der Waals surface area contributed by atoms with E-state index in [2.05, 4.69) is 48.3 Å². The van der Waals surface area contributed by atoms with E-state index < -0.39 is 0 Å². The summed E-state index contributed by atoms with van der Waals surface area (Å²) in [6, 6.07) is 9.63. The maximum Gasteiger partial charge on any atom is 0.0366 e. The van der Waals surface area contributed by atoms with Crippen LogP contribution in [0.4, 0.5) is 5.69 Å². The Labute approximate surface area is 105 Å². The molecule has 1 aromatic carbocycles. The fourth-order valence-corrected chi connectivity index (χ4v) is 2.45. The Hall–Kier alpha value is -1.02. The molecule has 0 spiro atoms. The van der Waals surface area contributed by atoms with Gasteiger partial charge in [-0.1, -0.05) is 24.6 Å². The number of nitrogens with zero attached hydrogens (tertiary/aromatic N) is 1. The molecular formula is C15H24N2. The van der Waals surface area contributed by atoms with Crippen LogP contribution in [0.1, 0.15) is 31.7 Å². The smallest absolute Gasteiger partial charge is 0.0366 e. The minimum absolute atomic E-state index is 0.733. The molecule has 1 aliphatic heterocycles. The Morgan fingerprint density at radius 1 is 1.18 bits per heavy atom. The molecule has 2 nitrogen and oxygen atoms in total. The van der Waals surface area contributed by atoms with Crippen molar-refractivity contribution in [3.05, 3.63) is 29.8 Å². The number of hydrogen-bond acceptors (Lipinski definition) is 2. The molecule has 0 radical (unpaired) electrons. The van der Waals surface area contributed by atoms with Crippen LogP contribution in [-0.2, 0) is 0 Å². The van der Waals surface area contributed by atoms with Gasteiger partial charge in [-0.3, -0.25) is 0 Å². The SMILES string of the molecule is CCCNC1CCN(c2ccc(C)cc2)CC1. The Kier molecular flexibility index (Phi) is 4.43. The lowest BCUT2D eigenvalue weighted by atomic mass is 10.0. The molecule has 1 aliphatic rings. The molecule has 2 rings (SSSR count). The molecule has 0 saturated carbocycles. The normalized spacial score (nSPS) is 17.4. The zero-order chi connectivity index (χ0) is 12.1. The number of hydrogen-bond donors (Lipinski definition) is 1. The predicted molar refractivity (Wildman–Crippen MR) is 74.7 cm³/mol. The van der Waals surface area contributed by atoms with Gasteiger partial charge in [-0.2, -0.15) is 0 Å². The van der Waals surface area contributed by atoms with E-state index >= 15 is 0 Å². The summed E-state index contributed by atoms with van der Waals surface area (Å²) in [5, 5.41) is 3.63. The number of benzene rings is 1. The van der Waals surface area contributed by atoms with Gasteiger partial charge < -0.3 is 10.2 Å².